The summed E-state index contributed by atoms with van der Waals surface area (Å²) < 4.78 is 16.2. The second-order valence-electron chi connectivity index (χ2n) is 9.28. The topological polar surface area (TPSA) is 88.5 Å². The summed E-state index contributed by atoms with van der Waals surface area (Å²) in [5, 5.41) is 11.4. The van der Waals surface area contributed by atoms with E-state index < -0.39 is 17.7 Å². The molecular formula is C29H28N2O6. The third-order valence-electron chi connectivity index (χ3n) is 6.72. The van der Waals surface area contributed by atoms with Gasteiger partial charge in [0.1, 0.15) is 11.5 Å². The number of fused-ring (bicyclic) bond motifs is 1. The molecule has 3 aromatic carbocycles. The Kier molecular flexibility index (Phi) is 6.25. The lowest BCUT2D eigenvalue weighted by atomic mass is 9.94. The van der Waals surface area contributed by atoms with Crippen molar-refractivity contribution < 1.29 is 28.9 Å². The Morgan fingerprint density at radius 1 is 1.03 bits per heavy atom. The van der Waals surface area contributed by atoms with Crippen LogP contribution in [0.2, 0.25) is 0 Å². The summed E-state index contributed by atoms with van der Waals surface area (Å²) in [4.78, 5) is 30.2. The van der Waals surface area contributed by atoms with Gasteiger partial charge in [-0.15, -0.1) is 0 Å². The summed E-state index contributed by atoms with van der Waals surface area (Å²) >= 11 is 0. The molecule has 1 fully saturated rings. The fourth-order valence-corrected chi connectivity index (χ4v) is 4.76. The largest absolute Gasteiger partial charge is 0.507 e. The van der Waals surface area contributed by atoms with Crippen LogP contribution in [-0.4, -0.2) is 49.7 Å². The highest BCUT2D eigenvalue weighted by atomic mass is 16.7. The molecule has 0 saturated carbocycles. The average molecular weight is 501 g/mol. The van der Waals surface area contributed by atoms with E-state index in [0.717, 1.165) is 22.4 Å². The number of likely N-dealkylation sites (tertiary alicyclic amines) is 1. The van der Waals surface area contributed by atoms with Gasteiger partial charge < -0.3 is 29.1 Å². The molecule has 8 nitrogen and oxygen atoms in total. The summed E-state index contributed by atoms with van der Waals surface area (Å²) in [6, 6.07) is 17.4. The molecule has 2 heterocycles. The van der Waals surface area contributed by atoms with Gasteiger partial charge in [0.25, 0.3) is 11.7 Å². The Hall–Kier alpha value is -4.46. The van der Waals surface area contributed by atoms with Crippen LogP contribution in [0.15, 0.2) is 66.2 Å². The first kappa shape index (κ1) is 24.2. The molecular weight excluding hydrogens is 472 g/mol. The van der Waals surface area contributed by atoms with Gasteiger partial charge in [-0.3, -0.25) is 9.59 Å². The first-order valence-electron chi connectivity index (χ1n) is 11.9. The normalized spacial score (nSPS) is 17.8. The van der Waals surface area contributed by atoms with Crippen LogP contribution in [0.3, 0.4) is 0 Å². The number of aryl methyl sites for hydroxylation is 1. The number of benzene rings is 3. The zero-order chi connectivity index (χ0) is 26.3. The summed E-state index contributed by atoms with van der Waals surface area (Å²) in [6.07, 6.45) is 0. The van der Waals surface area contributed by atoms with Crippen LogP contribution in [0.25, 0.3) is 5.76 Å². The van der Waals surface area contributed by atoms with Crippen molar-refractivity contribution in [3.05, 3.63) is 88.5 Å². The second kappa shape index (κ2) is 9.54. The first-order chi connectivity index (χ1) is 17.8. The number of aliphatic hydroxyl groups is 1. The van der Waals surface area contributed by atoms with Crippen LogP contribution >= 0.6 is 0 Å². The van der Waals surface area contributed by atoms with E-state index in [-0.39, 0.29) is 24.7 Å². The highest BCUT2D eigenvalue weighted by molar-refractivity contribution is 6.46. The molecule has 0 spiro atoms. The summed E-state index contributed by atoms with van der Waals surface area (Å²) in [7, 11) is 5.44. The number of ketones is 1. The number of carbonyl (C=O) groups is 2. The van der Waals surface area contributed by atoms with Gasteiger partial charge in [-0.25, -0.2) is 0 Å². The van der Waals surface area contributed by atoms with Crippen LogP contribution in [0.1, 0.15) is 28.3 Å². The van der Waals surface area contributed by atoms with Crippen molar-refractivity contribution >= 4 is 23.1 Å². The smallest absolute Gasteiger partial charge is 0.295 e. The third kappa shape index (κ3) is 4.35. The van der Waals surface area contributed by atoms with Gasteiger partial charge in [0.15, 0.2) is 11.5 Å². The van der Waals surface area contributed by atoms with Crippen molar-refractivity contribution in [3.63, 3.8) is 0 Å². The average Bonchev–Trinajstić information content (AvgIpc) is 3.46. The third-order valence-corrected chi connectivity index (χ3v) is 6.72. The number of methoxy groups -OCH3 is 1. The summed E-state index contributed by atoms with van der Waals surface area (Å²) in [5.41, 5.74) is 3.76. The van der Waals surface area contributed by atoms with E-state index >= 15 is 0 Å². The number of ether oxygens (including phenoxy) is 3. The van der Waals surface area contributed by atoms with E-state index in [9.17, 15) is 14.7 Å². The lowest BCUT2D eigenvalue weighted by molar-refractivity contribution is -0.140. The van der Waals surface area contributed by atoms with Crippen LogP contribution in [0.5, 0.6) is 17.2 Å². The van der Waals surface area contributed by atoms with E-state index in [1.54, 1.807) is 37.4 Å². The number of hydrogen-bond donors (Lipinski definition) is 1. The SMILES string of the molecule is COc1ccc(/C(O)=C2\C(=O)C(=O)N(Cc3ccc4c(c3)OCO4)C2c2ccc(N(C)C)cc2)cc1C. The van der Waals surface area contributed by atoms with E-state index in [0.29, 0.717) is 22.8 Å². The van der Waals surface area contributed by atoms with Gasteiger partial charge in [0.2, 0.25) is 6.79 Å². The minimum absolute atomic E-state index is 0.0490. The van der Waals surface area contributed by atoms with Gasteiger partial charge in [0, 0.05) is 31.9 Å². The van der Waals surface area contributed by atoms with E-state index in [1.165, 1.54) is 4.90 Å². The number of nitrogens with zero attached hydrogens (tertiary/aromatic N) is 2. The molecule has 190 valence electrons. The van der Waals surface area contributed by atoms with Gasteiger partial charge in [-0.1, -0.05) is 18.2 Å². The van der Waals surface area contributed by atoms with Crippen molar-refractivity contribution in [1.29, 1.82) is 0 Å². The highest BCUT2D eigenvalue weighted by Gasteiger charge is 2.46. The monoisotopic (exact) mass is 500 g/mol. The first-order valence-corrected chi connectivity index (χ1v) is 11.9. The molecule has 1 unspecified atom stereocenters. The van der Waals surface area contributed by atoms with Crippen LogP contribution in [0.4, 0.5) is 5.69 Å². The van der Waals surface area contributed by atoms with Crippen molar-refractivity contribution in [1.82, 2.24) is 4.90 Å². The zero-order valence-corrected chi connectivity index (χ0v) is 21.1. The minimum atomic E-state index is -0.774. The maximum atomic E-state index is 13.4. The Morgan fingerprint density at radius 3 is 2.43 bits per heavy atom. The zero-order valence-electron chi connectivity index (χ0n) is 21.1. The lowest BCUT2D eigenvalue weighted by Crippen LogP contribution is -2.29. The molecule has 37 heavy (non-hydrogen) atoms. The predicted octanol–water partition coefficient (Wildman–Crippen LogP) is 4.42. The van der Waals surface area contributed by atoms with Crippen LogP contribution in [-0.2, 0) is 16.1 Å². The molecule has 1 atom stereocenters. The van der Waals surface area contributed by atoms with Gasteiger partial charge >= 0.3 is 0 Å². The quantitative estimate of drug-likeness (QED) is 0.305. The maximum absolute atomic E-state index is 13.4. The Balaban J connectivity index is 1.61. The summed E-state index contributed by atoms with van der Waals surface area (Å²) in [5.74, 6) is 0.264. The number of rotatable bonds is 6. The van der Waals surface area contributed by atoms with Crippen LogP contribution < -0.4 is 19.1 Å². The molecule has 0 radical (unpaired) electrons. The van der Waals surface area contributed by atoms with Gasteiger partial charge in [-0.05, 0) is 66.1 Å². The standard InChI is InChI=1S/C29H28N2O6/c1-17-13-20(8-12-22(17)35-4)27(32)25-26(19-6-9-21(10-7-19)30(2)3)31(29(34)28(25)33)15-18-5-11-23-24(14-18)37-16-36-23/h5-14,26,32H,15-16H2,1-4H3/b27-25+. The molecule has 8 heteroatoms. The highest BCUT2D eigenvalue weighted by Crippen LogP contribution is 2.42. The van der Waals surface area contributed by atoms with Crippen molar-refractivity contribution in [2.45, 2.75) is 19.5 Å². The lowest BCUT2D eigenvalue weighted by Gasteiger charge is -2.26. The summed E-state index contributed by atoms with van der Waals surface area (Å²) in [6.45, 7) is 2.15. The fourth-order valence-electron chi connectivity index (χ4n) is 4.76. The Bertz CT molecular complexity index is 1410. The minimum Gasteiger partial charge on any atom is -0.507 e. The molecule has 0 bridgehead atoms. The maximum Gasteiger partial charge on any atom is 0.295 e. The molecule has 0 aliphatic carbocycles. The van der Waals surface area contributed by atoms with Crippen molar-refractivity contribution in [2.24, 2.45) is 0 Å². The fraction of sp³-hybridized carbons (Fsp3) is 0.241. The molecule has 3 aromatic rings. The molecule has 2 aliphatic heterocycles. The van der Waals surface area contributed by atoms with E-state index in [1.807, 2.05) is 56.3 Å². The van der Waals surface area contributed by atoms with Crippen molar-refractivity contribution in [2.75, 3.05) is 32.9 Å². The number of Topliss-reactive ketones (excluding diaryl/α,β-unsaturated/α-hetero) is 1. The number of amides is 1. The second-order valence-corrected chi connectivity index (χ2v) is 9.28. The molecule has 0 aromatic heterocycles. The Labute approximate surface area is 215 Å². The molecule has 1 N–H and O–H groups in total. The van der Waals surface area contributed by atoms with Gasteiger partial charge in [0.05, 0.1) is 18.7 Å². The Morgan fingerprint density at radius 2 is 1.76 bits per heavy atom. The molecule has 1 saturated heterocycles. The molecule has 1 amide bonds. The number of hydrogen-bond acceptors (Lipinski definition) is 7. The van der Waals surface area contributed by atoms with Crippen molar-refractivity contribution in [3.8, 4) is 17.2 Å². The van der Waals surface area contributed by atoms with Crippen LogP contribution in [0, 0.1) is 6.92 Å². The predicted molar refractivity (Wildman–Crippen MR) is 139 cm³/mol. The van der Waals surface area contributed by atoms with E-state index in [2.05, 4.69) is 0 Å². The number of aliphatic hydroxyl groups excluding tert-OH is 1. The van der Waals surface area contributed by atoms with Gasteiger partial charge in [-0.2, -0.15) is 0 Å². The van der Waals surface area contributed by atoms with E-state index in [4.69, 9.17) is 14.2 Å². The molecule has 5 rings (SSSR count). The number of anilines is 1. The molecule has 2 aliphatic rings. The number of carbonyl (C=O) groups excluding carboxylic acids is 2.